The van der Waals surface area contributed by atoms with Gasteiger partial charge in [0.1, 0.15) is 6.17 Å². The van der Waals surface area contributed by atoms with Crippen LogP contribution in [-0.4, -0.2) is 36.6 Å². The highest BCUT2D eigenvalue weighted by atomic mass is 16.5. The van der Waals surface area contributed by atoms with Crippen LogP contribution in [0.1, 0.15) is 43.1 Å². The first-order valence-electron chi connectivity index (χ1n) is 7.76. The third-order valence-corrected chi connectivity index (χ3v) is 3.98. The number of ether oxygens (including phenoxy) is 1. The summed E-state index contributed by atoms with van der Waals surface area (Å²) in [6.45, 7) is 10.3. The van der Waals surface area contributed by atoms with Crippen molar-refractivity contribution in [2.45, 2.75) is 46.3 Å². The van der Waals surface area contributed by atoms with Crippen LogP contribution in [0, 0.1) is 13.8 Å². The normalized spacial score (nSPS) is 22.1. The van der Waals surface area contributed by atoms with Gasteiger partial charge in [-0.1, -0.05) is 23.8 Å². The number of carbonyl (C=O) groups excluding carboxylic acids is 1. The van der Waals surface area contributed by atoms with E-state index in [1.54, 1.807) is 0 Å². The van der Waals surface area contributed by atoms with Gasteiger partial charge in [0.25, 0.3) is 0 Å². The monoisotopic (exact) mass is 290 g/mol. The summed E-state index contributed by atoms with van der Waals surface area (Å²) in [5.41, 5.74) is 3.66. The molecule has 1 fully saturated rings. The van der Waals surface area contributed by atoms with Crippen molar-refractivity contribution < 1.29 is 9.53 Å². The Bertz CT molecular complexity index is 502. The number of amides is 1. The summed E-state index contributed by atoms with van der Waals surface area (Å²) in [6.07, 6.45) is 0.852. The molecule has 1 saturated heterocycles. The van der Waals surface area contributed by atoms with Crippen LogP contribution in [0.5, 0.6) is 0 Å². The van der Waals surface area contributed by atoms with Crippen LogP contribution in [0.25, 0.3) is 0 Å². The molecule has 2 unspecified atom stereocenters. The molecule has 0 aliphatic carbocycles. The first-order valence-corrected chi connectivity index (χ1v) is 7.76. The van der Waals surface area contributed by atoms with E-state index in [4.69, 9.17) is 4.74 Å². The molecule has 0 radical (unpaired) electrons. The summed E-state index contributed by atoms with van der Waals surface area (Å²) in [5, 5.41) is 3.41. The van der Waals surface area contributed by atoms with Gasteiger partial charge in [0.15, 0.2) is 0 Å². The van der Waals surface area contributed by atoms with Crippen LogP contribution in [0.4, 0.5) is 0 Å². The molecule has 1 aliphatic rings. The highest BCUT2D eigenvalue weighted by Gasteiger charge is 2.37. The Morgan fingerprint density at radius 2 is 2.10 bits per heavy atom. The maximum atomic E-state index is 12.4. The summed E-state index contributed by atoms with van der Waals surface area (Å²) in [6, 6.07) is 6.28. The molecule has 21 heavy (non-hydrogen) atoms. The van der Waals surface area contributed by atoms with Gasteiger partial charge in [0.2, 0.25) is 5.91 Å². The van der Waals surface area contributed by atoms with Crippen LogP contribution in [0.15, 0.2) is 18.2 Å². The molecule has 2 rings (SSSR count). The number of nitrogens with zero attached hydrogens (tertiary/aromatic N) is 1. The Morgan fingerprint density at radius 3 is 2.76 bits per heavy atom. The second-order valence-electron chi connectivity index (χ2n) is 5.73. The van der Waals surface area contributed by atoms with Crippen molar-refractivity contribution in [2.24, 2.45) is 0 Å². The molecule has 0 aromatic heterocycles. The van der Waals surface area contributed by atoms with Gasteiger partial charge in [0.05, 0.1) is 6.04 Å². The standard InChI is InChI=1S/C17H26N2O2/c1-5-21-10-6-9-19-16(18-14(4)17(19)20)15-8-7-12(2)11-13(15)3/h7-8,11,14,16,18H,5-6,9-10H2,1-4H3. The van der Waals surface area contributed by atoms with Crippen LogP contribution in [-0.2, 0) is 9.53 Å². The smallest absolute Gasteiger partial charge is 0.241 e. The molecule has 1 aromatic rings. The van der Waals surface area contributed by atoms with Gasteiger partial charge in [-0.3, -0.25) is 10.1 Å². The summed E-state index contributed by atoms with van der Waals surface area (Å²) in [4.78, 5) is 14.3. The first-order chi connectivity index (χ1) is 10.0. The van der Waals surface area contributed by atoms with E-state index in [2.05, 4.69) is 37.4 Å². The van der Waals surface area contributed by atoms with Gasteiger partial charge in [-0.2, -0.15) is 0 Å². The van der Waals surface area contributed by atoms with E-state index in [1.807, 2.05) is 18.7 Å². The average molecular weight is 290 g/mol. The highest BCUT2D eigenvalue weighted by molar-refractivity contribution is 5.84. The lowest BCUT2D eigenvalue weighted by atomic mass is 10.0. The Kier molecular flexibility index (Phi) is 5.37. The molecule has 4 nitrogen and oxygen atoms in total. The van der Waals surface area contributed by atoms with Crippen molar-refractivity contribution in [3.05, 3.63) is 34.9 Å². The fourth-order valence-electron chi connectivity index (χ4n) is 2.88. The Morgan fingerprint density at radius 1 is 1.33 bits per heavy atom. The Balaban J connectivity index is 2.13. The van der Waals surface area contributed by atoms with Crippen molar-refractivity contribution in [2.75, 3.05) is 19.8 Å². The zero-order valence-electron chi connectivity index (χ0n) is 13.5. The van der Waals surface area contributed by atoms with Gasteiger partial charge in [0, 0.05) is 19.8 Å². The molecule has 4 heteroatoms. The molecule has 1 aromatic carbocycles. The molecule has 0 saturated carbocycles. The molecule has 1 amide bonds. The summed E-state index contributed by atoms with van der Waals surface area (Å²) in [7, 11) is 0. The second-order valence-corrected chi connectivity index (χ2v) is 5.73. The number of nitrogens with one attached hydrogen (secondary N) is 1. The molecule has 0 spiro atoms. The quantitative estimate of drug-likeness (QED) is 0.819. The van der Waals surface area contributed by atoms with Gasteiger partial charge in [-0.05, 0) is 45.2 Å². The molecule has 1 N–H and O–H groups in total. The minimum Gasteiger partial charge on any atom is -0.382 e. The van der Waals surface area contributed by atoms with E-state index in [1.165, 1.54) is 16.7 Å². The van der Waals surface area contributed by atoms with Crippen LogP contribution in [0.3, 0.4) is 0 Å². The maximum absolute atomic E-state index is 12.4. The van der Waals surface area contributed by atoms with E-state index in [0.29, 0.717) is 6.61 Å². The lowest BCUT2D eigenvalue weighted by Gasteiger charge is -2.26. The van der Waals surface area contributed by atoms with E-state index in [0.717, 1.165) is 19.6 Å². The van der Waals surface area contributed by atoms with E-state index in [9.17, 15) is 4.79 Å². The predicted molar refractivity (Wildman–Crippen MR) is 84.1 cm³/mol. The number of aryl methyl sites for hydroxylation is 2. The highest BCUT2D eigenvalue weighted by Crippen LogP contribution is 2.28. The van der Waals surface area contributed by atoms with E-state index in [-0.39, 0.29) is 18.1 Å². The summed E-state index contributed by atoms with van der Waals surface area (Å²) < 4.78 is 5.38. The molecule has 116 valence electrons. The topological polar surface area (TPSA) is 41.6 Å². The molecule has 2 atom stereocenters. The van der Waals surface area contributed by atoms with Crippen molar-refractivity contribution in [3.63, 3.8) is 0 Å². The first kappa shape index (κ1) is 16.0. The molecular formula is C17H26N2O2. The van der Waals surface area contributed by atoms with Crippen LogP contribution >= 0.6 is 0 Å². The van der Waals surface area contributed by atoms with Gasteiger partial charge in [-0.25, -0.2) is 0 Å². The zero-order valence-corrected chi connectivity index (χ0v) is 13.5. The number of rotatable bonds is 6. The lowest BCUT2D eigenvalue weighted by molar-refractivity contribution is -0.130. The molecule has 0 bridgehead atoms. The minimum atomic E-state index is -0.122. The third kappa shape index (κ3) is 3.63. The second kappa shape index (κ2) is 7.05. The van der Waals surface area contributed by atoms with Crippen molar-refractivity contribution in [1.82, 2.24) is 10.2 Å². The van der Waals surface area contributed by atoms with Crippen molar-refractivity contribution in [1.29, 1.82) is 0 Å². The molecule has 1 aliphatic heterocycles. The minimum absolute atomic E-state index is 0.0188. The SMILES string of the molecule is CCOCCCN1C(=O)C(C)NC1c1ccc(C)cc1C. The largest absolute Gasteiger partial charge is 0.382 e. The summed E-state index contributed by atoms with van der Waals surface area (Å²) >= 11 is 0. The predicted octanol–water partition coefficient (Wildman–Crippen LogP) is 2.55. The maximum Gasteiger partial charge on any atom is 0.241 e. The number of carbonyl (C=O) groups is 1. The Labute approximate surface area is 127 Å². The molecule has 1 heterocycles. The fraction of sp³-hybridized carbons (Fsp3) is 0.588. The lowest BCUT2D eigenvalue weighted by Crippen LogP contribution is -2.32. The van der Waals surface area contributed by atoms with E-state index >= 15 is 0 Å². The summed E-state index contributed by atoms with van der Waals surface area (Å²) in [5.74, 6) is 0.177. The molecular weight excluding hydrogens is 264 g/mol. The van der Waals surface area contributed by atoms with Gasteiger partial charge < -0.3 is 9.64 Å². The van der Waals surface area contributed by atoms with Crippen molar-refractivity contribution in [3.8, 4) is 0 Å². The van der Waals surface area contributed by atoms with Gasteiger partial charge in [-0.15, -0.1) is 0 Å². The fourth-order valence-corrected chi connectivity index (χ4v) is 2.88. The Hall–Kier alpha value is -1.39. The third-order valence-electron chi connectivity index (χ3n) is 3.98. The average Bonchev–Trinajstić information content (AvgIpc) is 2.71. The zero-order chi connectivity index (χ0) is 15.4. The van der Waals surface area contributed by atoms with Gasteiger partial charge >= 0.3 is 0 Å². The number of benzene rings is 1. The van der Waals surface area contributed by atoms with Crippen molar-refractivity contribution >= 4 is 5.91 Å². The number of hydrogen-bond donors (Lipinski definition) is 1. The van der Waals surface area contributed by atoms with E-state index < -0.39 is 0 Å². The number of hydrogen-bond acceptors (Lipinski definition) is 3. The van der Waals surface area contributed by atoms with Crippen LogP contribution in [0.2, 0.25) is 0 Å². The van der Waals surface area contributed by atoms with Crippen LogP contribution < -0.4 is 5.32 Å².